The van der Waals surface area contributed by atoms with Crippen LogP contribution in [0.3, 0.4) is 0 Å². The quantitative estimate of drug-likeness (QED) is 0.748. The highest BCUT2D eigenvalue weighted by molar-refractivity contribution is 6.29. The zero-order valence-corrected chi connectivity index (χ0v) is 12.6. The summed E-state index contributed by atoms with van der Waals surface area (Å²) in [5, 5.41) is 10.4. The van der Waals surface area contributed by atoms with Crippen LogP contribution in [0.2, 0.25) is 0 Å². The van der Waals surface area contributed by atoms with Gasteiger partial charge in [0.05, 0.1) is 5.56 Å². The second kappa shape index (κ2) is 4.70. The van der Waals surface area contributed by atoms with Crippen LogP contribution in [0.15, 0.2) is 36.4 Å². The van der Waals surface area contributed by atoms with E-state index < -0.39 is 5.60 Å². The average molecular weight is 296 g/mol. The normalized spacial score (nSPS) is 13.6. The largest absolute Gasteiger partial charge is 0.504 e. The van der Waals surface area contributed by atoms with E-state index in [-0.39, 0.29) is 34.2 Å². The van der Waals surface area contributed by atoms with E-state index in [1.165, 1.54) is 12.1 Å². The maximum atomic E-state index is 12.6. The van der Waals surface area contributed by atoms with Crippen LogP contribution < -0.4 is 4.74 Å². The monoisotopic (exact) mass is 296 g/mol. The zero-order valence-electron chi connectivity index (χ0n) is 12.6. The van der Waals surface area contributed by atoms with Crippen LogP contribution in [-0.2, 0) is 0 Å². The van der Waals surface area contributed by atoms with Gasteiger partial charge in [0, 0.05) is 16.7 Å². The van der Waals surface area contributed by atoms with E-state index in [0.29, 0.717) is 11.1 Å². The highest BCUT2D eigenvalue weighted by Gasteiger charge is 2.33. The van der Waals surface area contributed by atoms with E-state index in [9.17, 15) is 14.7 Å². The van der Waals surface area contributed by atoms with E-state index in [4.69, 9.17) is 4.74 Å². The van der Waals surface area contributed by atoms with Crippen LogP contribution in [0.1, 0.15) is 52.6 Å². The van der Waals surface area contributed by atoms with Crippen LogP contribution >= 0.6 is 0 Å². The molecule has 0 bridgehead atoms. The Morgan fingerprint density at radius 1 is 0.864 bits per heavy atom. The molecular weight excluding hydrogens is 280 g/mol. The van der Waals surface area contributed by atoms with Crippen molar-refractivity contribution in [1.29, 1.82) is 0 Å². The number of hydrogen-bond donors (Lipinski definition) is 1. The van der Waals surface area contributed by atoms with Crippen molar-refractivity contribution in [2.75, 3.05) is 0 Å². The summed E-state index contributed by atoms with van der Waals surface area (Å²) in [5.74, 6) is -0.697. The third-order valence-corrected chi connectivity index (χ3v) is 3.45. The van der Waals surface area contributed by atoms with Gasteiger partial charge in [-0.05, 0) is 32.9 Å². The fourth-order valence-corrected chi connectivity index (χ4v) is 2.56. The van der Waals surface area contributed by atoms with Gasteiger partial charge in [-0.3, -0.25) is 9.59 Å². The minimum absolute atomic E-state index is 0.0189. The highest BCUT2D eigenvalue weighted by atomic mass is 16.5. The Labute approximate surface area is 128 Å². The number of benzene rings is 2. The Kier molecular flexibility index (Phi) is 3.06. The summed E-state index contributed by atoms with van der Waals surface area (Å²) < 4.78 is 5.66. The summed E-state index contributed by atoms with van der Waals surface area (Å²) in [6.45, 7) is 5.52. The average Bonchev–Trinajstić information content (AvgIpc) is 2.45. The number of aromatic hydroxyl groups is 1. The molecule has 2 aromatic carbocycles. The van der Waals surface area contributed by atoms with E-state index >= 15 is 0 Å². The van der Waals surface area contributed by atoms with Gasteiger partial charge in [-0.2, -0.15) is 0 Å². The van der Waals surface area contributed by atoms with E-state index in [0.717, 1.165) is 0 Å². The number of ketones is 2. The minimum Gasteiger partial charge on any atom is -0.504 e. The summed E-state index contributed by atoms with van der Waals surface area (Å²) in [5.41, 5.74) is 0.380. The molecule has 2 aromatic rings. The molecule has 0 saturated heterocycles. The first kappa shape index (κ1) is 14.3. The Morgan fingerprint density at radius 2 is 1.45 bits per heavy atom. The van der Waals surface area contributed by atoms with Gasteiger partial charge in [-0.25, -0.2) is 0 Å². The SMILES string of the molecule is CC(C)(C)Oc1ccc2c(c1O)C(=O)c1ccccc1C2=O. The summed E-state index contributed by atoms with van der Waals surface area (Å²) >= 11 is 0. The fourth-order valence-electron chi connectivity index (χ4n) is 2.56. The van der Waals surface area contributed by atoms with Gasteiger partial charge in [0.25, 0.3) is 0 Å². The van der Waals surface area contributed by atoms with Gasteiger partial charge < -0.3 is 9.84 Å². The molecule has 0 radical (unpaired) electrons. The topological polar surface area (TPSA) is 63.6 Å². The Morgan fingerprint density at radius 3 is 2.05 bits per heavy atom. The van der Waals surface area contributed by atoms with Crippen molar-refractivity contribution in [3.63, 3.8) is 0 Å². The van der Waals surface area contributed by atoms with Crippen LogP contribution in [0.25, 0.3) is 0 Å². The molecule has 0 aromatic heterocycles. The smallest absolute Gasteiger partial charge is 0.198 e. The van der Waals surface area contributed by atoms with Crippen LogP contribution in [-0.4, -0.2) is 22.3 Å². The lowest BCUT2D eigenvalue weighted by molar-refractivity contribution is 0.0971. The predicted molar refractivity (Wildman–Crippen MR) is 81.8 cm³/mol. The molecule has 1 N–H and O–H groups in total. The van der Waals surface area contributed by atoms with Gasteiger partial charge in [-0.1, -0.05) is 24.3 Å². The van der Waals surface area contributed by atoms with Crippen molar-refractivity contribution >= 4 is 11.6 Å². The standard InChI is InChI=1S/C18H16O4/c1-18(2,3)22-13-9-8-12-14(17(13)21)16(20)11-7-5-4-6-10(11)15(12)19/h4-9,21H,1-3H3. The molecule has 4 nitrogen and oxygen atoms in total. The first-order chi connectivity index (χ1) is 10.3. The zero-order chi connectivity index (χ0) is 16.1. The number of ether oxygens (including phenoxy) is 1. The van der Waals surface area contributed by atoms with Gasteiger partial charge in [0.15, 0.2) is 23.1 Å². The van der Waals surface area contributed by atoms with Crippen molar-refractivity contribution in [1.82, 2.24) is 0 Å². The predicted octanol–water partition coefficient (Wildman–Crippen LogP) is 3.34. The molecule has 0 unspecified atom stereocenters. The summed E-state index contributed by atoms with van der Waals surface area (Å²) in [4.78, 5) is 25.1. The molecule has 112 valence electrons. The lowest BCUT2D eigenvalue weighted by Gasteiger charge is -2.24. The number of carbonyl (C=O) groups is 2. The van der Waals surface area contributed by atoms with E-state index in [2.05, 4.69) is 0 Å². The molecule has 3 rings (SSSR count). The minimum atomic E-state index is -0.522. The van der Waals surface area contributed by atoms with E-state index in [1.807, 2.05) is 20.8 Å². The second-order valence-electron chi connectivity index (χ2n) is 6.25. The fraction of sp³-hybridized carbons (Fsp3) is 0.222. The molecule has 0 spiro atoms. The van der Waals surface area contributed by atoms with Gasteiger partial charge >= 0.3 is 0 Å². The number of fused-ring (bicyclic) bond motifs is 2. The van der Waals surface area contributed by atoms with Gasteiger partial charge in [0.1, 0.15) is 5.60 Å². The van der Waals surface area contributed by atoms with Gasteiger partial charge in [-0.15, -0.1) is 0 Å². The maximum absolute atomic E-state index is 12.6. The molecule has 0 heterocycles. The maximum Gasteiger partial charge on any atom is 0.198 e. The summed E-state index contributed by atoms with van der Waals surface area (Å²) in [7, 11) is 0. The molecule has 1 aliphatic rings. The molecular formula is C18H16O4. The lowest BCUT2D eigenvalue weighted by atomic mass is 9.83. The summed E-state index contributed by atoms with van der Waals surface area (Å²) in [6.07, 6.45) is 0. The molecule has 0 fully saturated rings. The molecule has 0 amide bonds. The first-order valence-electron chi connectivity index (χ1n) is 7.03. The third-order valence-electron chi connectivity index (χ3n) is 3.45. The number of rotatable bonds is 1. The molecule has 4 heteroatoms. The second-order valence-corrected chi connectivity index (χ2v) is 6.25. The van der Waals surface area contributed by atoms with E-state index in [1.54, 1.807) is 24.3 Å². The van der Waals surface area contributed by atoms with Crippen LogP contribution in [0.5, 0.6) is 11.5 Å². The van der Waals surface area contributed by atoms with Crippen molar-refractivity contribution in [2.24, 2.45) is 0 Å². The third kappa shape index (κ3) is 2.17. The van der Waals surface area contributed by atoms with Crippen molar-refractivity contribution in [2.45, 2.75) is 26.4 Å². The van der Waals surface area contributed by atoms with Gasteiger partial charge in [0.2, 0.25) is 0 Å². The Hall–Kier alpha value is -2.62. The van der Waals surface area contributed by atoms with Crippen LogP contribution in [0, 0.1) is 0 Å². The first-order valence-corrected chi connectivity index (χ1v) is 7.03. The van der Waals surface area contributed by atoms with Crippen LogP contribution in [0.4, 0.5) is 0 Å². The molecule has 1 aliphatic carbocycles. The molecule has 0 aliphatic heterocycles. The Balaban J connectivity index is 2.19. The summed E-state index contributed by atoms with van der Waals surface area (Å²) in [6, 6.07) is 9.68. The van der Waals surface area contributed by atoms with Crippen molar-refractivity contribution < 1.29 is 19.4 Å². The highest BCUT2D eigenvalue weighted by Crippen LogP contribution is 2.39. The number of phenolic OH excluding ortho intramolecular Hbond substituents is 1. The van der Waals surface area contributed by atoms with Crippen molar-refractivity contribution in [3.8, 4) is 11.5 Å². The number of phenols is 1. The number of carbonyl (C=O) groups excluding carboxylic acids is 2. The van der Waals surface area contributed by atoms with Crippen molar-refractivity contribution in [3.05, 3.63) is 58.7 Å². The molecule has 22 heavy (non-hydrogen) atoms. The Bertz CT molecular complexity index is 797. The number of hydrogen-bond acceptors (Lipinski definition) is 4. The molecule has 0 atom stereocenters. The lowest BCUT2D eigenvalue weighted by Crippen LogP contribution is -2.25. The molecule has 0 saturated carbocycles.